The maximum atomic E-state index is 6.72. The number of fused-ring (bicyclic) bond motifs is 14. The third-order valence-corrected chi connectivity index (χ3v) is 14.5. The highest BCUT2D eigenvalue weighted by molar-refractivity contribution is 6.10. The summed E-state index contributed by atoms with van der Waals surface area (Å²) in [6.07, 6.45) is 8.60. The fourth-order valence-corrected chi connectivity index (χ4v) is 11.7. The van der Waals surface area contributed by atoms with Gasteiger partial charge in [-0.3, -0.25) is 5.32 Å². The molecule has 5 aliphatic rings. The van der Waals surface area contributed by atoms with E-state index in [1.807, 2.05) is 0 Å². The molecule has 14 rings (SSSR count). The van der Waals surface area contributed by atoms with Gasteiger partial charge in [-0.2, -0.15) is 10.0 Å². The van der Waals surface area contributed by atoms with Gasteiger partial charge >= 0.3 is 0 Å². The van der Waals surface area contributed by atoms with Crippen molar-refractivity contribution >= 4 is 27.5 Å². The summed E-state index contributed by atoms with van der Waals surface area (Å²) in [5, 5.41) is 11.5. The number of benzene rings is 8. The van der Waals surface area contributed by atoms with E-state index in [9.17, 15) is 0 Å². The van der Waals surface area contributed by atoms with E-state index in [2.05, 4.69) is 222 Å². The van der Waals surface area contributed by atoms with Gasteiger partial charge < -0.3 is 4.42 Å². The van der Waals surface area contributed by atoms with Crippen molar-refractivity contribution in [2.24, 2.45) is 5.92 Å². The Hall–Kier alpha value is -7.08. The number of nitrogens with one attached hydrogen (secondary N) is 1. The molecule has 0 amide bonds. The molecular weight excluding hydrogens is 755 g/mol. The second-order valence-electron chi connectivity index (χ2n) is 17.6. The minimum absolute atomic E-state index is 0.0501. The molecule has 3 aliphatic carbocycles. The Morgan fingerprint density at radius 1 is 0.484 bits per heavy atom. The van der Waals surface area contributed by atoms with E-state index in [0.29, 0.717) is 5.92 Å². The van der Waals surface area contributed by atoms with Crippen LogP contribution >= 0.6 is 0 Å². The van der Waals surface area contributed by atoms with E-state index in [-0.39, 0.29) is 18.5 Å². The van der Waals surface area contributed by atoms with Crippen molar-refractivity contribution < 1.29 is 4.42 Å². The Morgan fingerprint density at radius 2 is 1.10 bits per heavy atom. The van der Waals surface area contributed by atoms with Crippen molar-refractivity contribution in [3.63, 3.8) is 0 Å². The predicted octanol–water partition coefficient (Wildman–Crippen LogP) is 13.4. The van der Waals surface area contributed by atoms with Crippen molar-refractivity contribution in [1.82, 2.24) is 15.3 Å². The molecule has 2 fully saturated rings. The average molecular weight is 796 g/mol. The van der Waals surface area contributed by atoms with E-state index in [0.717, 1.165) is 28.4 Å². The monoisotopic (exact) mass is 795 g/mol. The molecule has 0 bridgehead atoms. The first-order chi connectivity index (χ1) is 30.7. The first kappa shape index (κ1) is 34.6. The quantitative estimate of drug-likeness (QED) is 0.176. The van der Waals surface area contributed by atoms with Crippen LogP contribution in [0, 0.1) is 5.92 Å². The Morgan fingerprint density at radius 3 is 1.81 bits per heavy atom. The summed E-state index contributed by atoms with van der Waals surface area (Å²) in [4.78, 5) is 0. The van der Waals surface area contributed by atoms with Gasteiger partial charge in [-0.25, -0.2) is 0 Å². The molecule has 2 aliphatic heterocycles. The molecule has 9 aromatic rings. The summed E-state index contributed by atoms with van der Waals surface area (Å²) < 4.78 is 6.72. The van der Waals surface area contributed by atoms with Crippen LogP contribution in [0.3, 0.4) is 0 Å². The van der Waals surface area contributed by atoms with Crippen molar-refractivity contribution in [2.75, 3.05) is 0 Å². The number of allylic oxidation sites excluding steroid dienone is 3. The minimum atomic E-state index is -0.396. The number of hydrazine groups is 1. The van der Waals surface area contributed by atoms with Crippen LogP contribution in [-0.4, -0.2) is 16.2 Å². The van der Waals surface area contributed by atoms with E-state index < -0.39 is 5.41 Å². The zero-order valence-corrected chi connectivity index (χ0v) is 33.9. The smallest absolute Gasteiger partial charge is 0.136 e. The van der Waals surface area contributed by atoms with Gasteiger partial charge in [-0.15, -0.1) is 0 Å². The maximum absolute atomic E-state index is 6.72. The van der Waals surface area contributed by atoms with Crippen LogP contribution in [0.2, 0.25) is 0 Å². The van der Waals surface area contributed by atoms with Crippen LogP contribution in [0.1, 0.15) is 57.7 Å². The number of furan rings is 1. The lowest BCUT2D eigenvalue weighted by molar-refractivity contribution is 0.263. The highest BCUT2D eigenvalue weighted by Gasteiger charge is 2.61. The Bertz CT molecular complexity index is 3320. The highest BCUT2D eigenvalue weighted by atomic mass is 16.3. The largest absolute Gasteiger partial charge is 0.456 e. The van der Waals surface area contributed by atoms with Crippen molar-refractivity contribution in [3.8, 4) is 33.4 Å². The van der Waals surface area contributed by atoms with E-state index in [1.165, 1.54) is 77.9 Å². The summed E-state index contributed by atoms with van der Waals surface area (Å²) in [6, 6.07) is 69.4. The summed E-state index contributed by atoms with van der Waals surface area (Å²) in [7, 11) is 0. The zero-order chi connectivity index (χ0) is 40.5. The summed E-state index contributed by atoms with van der Waals surface area (Å²) in [6.45, 7) is 0. The van der Waals surface area contributed by atoms with Crippen LogP contribution in [0.4, 0.5) is 0 Å². The fourth-order valence-electron chi connectivity index (χ4n) is 11.7. The minimum Gasteiger partial charge on any atom is -0.456 e. The standard InChI is InChI=1S/C58H41N3O/c1-3-14-36(15-4-1)37-26-28-38(29-27-37)55-59-56(61-57(60(55)61)39-16-5-2-6-17-39)42-19-13-18-40(32-42)41-30-31-53-47(33-41)48-34-52-46(35-54(48)62-53)45-22-9-12-25-51(45)58(52)49-23-10-7-20-43(49)44-21-8-11-24-50(44)58/h1-28,30-35,38,55-57,59H,29H2. The lowest BCUT2D eigenvalue weighted by Crippen LogP contribution is -2.39. The van der Waals surface area contributed by atoms with E-state index >= 15 is 0 Å². The van der Waals surface area contributed by atoms with Gasteiger partial charge in [0.05, 0.1) is 11.6 Å². The summed E-state index contributed by atoms with van der Waals surface area (Å²) in [5.74, 6) is 0.350. The zero-order valence-electron chi connectivity index (χ0n) is 33.9. The molecule has 1 spiro atoms. The maximum Gasteiger partial charge on any atom is 0.136 e. The van der Waals surface area contributed by atoms with Crippen LogP contribution in [0.5, 0.6) is 0 Å². The molecular formula is C58H41N3O. The van der Waals surface area contributed by atoms with Crippen LogP contribution in [0.25, 0.3) is 60.9 Å². The second kappa shape index (κ2) is 13.0. The number of hydrogen-bond acceptors (Lipinski definition) is 4. The number of hydrogen-bond donors (Lipinski definition) is 1. The lowest BCUT2D eigenvalue weighted by atomic mass is 9.70. The van der Waals surface area contributed by atoms with Gasteiger partial charge in [0.1, 0.15) is 23.5 Å². The lowest BCUT2D eigenvalue weighted by Gasteiger charge is -2.30. The van der Waals surface area contributed by atoms with Crippen LogP contribution in [-0.2, 0) is 5.41 Å². The molecule has 0 saturated carbocycles. The average Bonchev–Trinajstić information content (AvgIpc) is 3.56. The molecule has 2 saturated heterocycles. The topological polar surface area (TPSA) is 31.2 Å². The molecule has 1 aromatic heterocycles. The van der Waals surface area contributed by atoms with Crippen molar-refractivity contribution in [3.05, 3.63) is 245 Å². The van der Waals surface area contributed by atoms with Gasteiger partial charge in [0, 0.05) is 16.7 Å². The summed E-state index contributed by atoms with van der Waals surface area (Å²) >= 11 is 0. The first-order valence-electron chi connectivity index (χ1n) is 22.0. The third-order valence-electron chi connectivity index (χ3n) is 14.5. The van der Waals surface area contributed by atoms with E-state index in [1.54, 1.807) is 0 Å². The molecule has 6 unspecified atom stereocenters. The van der Waals surface area contributed by atoms with E-state index in [4.69, 9.17) is 4.42 Å². The Labute approximate surface area is 360 Å². The van der Waals surface area contributed by atoms with Gasteiger partial charge in [0.15, 0.2) is 0 Å². The summed E-state index contributed by atoms with van der Waals surface area (Å²) in [5.41, 5.74) is 19.5. The molecule has 3 heterocycles. The molecule has 4 heteroatoms. The molecule has 8 aromatic carbocycles. The number of nitrogens with zero attached hydrogens (tertiary/aromatic N) is 2. The molecule has 6 atom stereocenters. The van der Waals surface area contributed by atoms with Gasteiger partial charge in [0.25, 0.3) is 0 Å². The Kier molecular flexibility index (Phi) is 7.24. The SMILES string of the molecule is C1=CC(C2NC(c3cccc(-c4ccc5oc6cc7c(cc6c5c4)C4(c5ccccc5-c5ccccc54)c4ccccc4-7)c3)N3C(c4ccccc4)N23)CC=C1c1ccccc1. The first-order valence-corrected chi connectivity index (χ1v) is 22.0. The van der Waals surface area contributed by atoms with Gasteiger partial charge in [0.2, 0.25) is 0 Å². The third kappa shape index (κ3) is 4.77. The van der Waals surface area contributed by atoms with Crippen molar-refractivity contribution in [2.45, 2.75) is 30.3 Å². The van der Waals surface area contributed by atoms with Crippen LogP contribution < -0.4 is 5.32 Å². The molecule has 0 radical (unpaired) electrons. The molecule has 1 N–H and O–H groups in total. The molecule has 62 heavy (non-hydrogen) atoms. The van der Waals surface area contributed by atoms with Crippen LogP contribution in [0.15, 0.2) is 211 Å². The van der Waals surface area contributed by atoms with Gasteiger partial charge in [-0.05, 0) is 115 Å². The van der Waals surface area contributed by atoms with Gasteiger partial charge in [-0.1, -0.05) is 176 Å². The highest BCUT2D eigenvalue weighted by Crippen LogP contribution is 2.63. The second-order valence-corrected chi connectivity index (χ2v) is 17.6. The molecule has 4 nitrogen and oxygen atoms in total. The normalized spacial score (nSPS) is 23.2. The fraction of sp³-hybridized carbons (Fsp3) is 0.103. The number of rotatable bonds is 5. The Balaban J connectivity index is 0.849. The molecule has 294 valence electrons. The predicted molar refractivity (Wildman–Crippen MR) is 250 cm³/mol. The van der Waals surface area contributed by atoms with Crippen molar-refractivity contribution in [1.29, 1.82) is 0 Å².